The van der Waals surface area contributed by atoms with Crippen LogP contribution in [0.15, 0.2) is 173 Å². The number of aliphatic imine (C=N–C) groups is 3. The molecular weight excluding hydrogens is 712 g/mol. The lowest BCUT2D eigenvalue weighted by atomic mass is 9.93. The third kappa shape index (κ3) is 12.3. The molecular formula is C52H59N4P. The van der Waals surface area contributed by atoms with Gasteiger partial charge in [-0.2, -0.15) is 4.99 Å². The lowest BCUT2D eigenvalue weighted by Crippen LogP contribution is -2.25. The summed E-state index contributed by atoms with van der Waals surface area (Å²) in [7, 11) is -0.859. The van der Waals surface area contributed by atoms with Gasteiger partial charge in [0, 0.05) is 13.6 Å². The minimum Gasteiger partial charge on any atom is -0.339 e. The number of benzene rings is 6. The third-order valence-corrected chi connectivity index (χ3v) is 12.1. The molecule has 6 aromatic rings. The van der Waals surface area contributed by atoms with Gasteiger partial charge >= 0.3 is 0 Å². The van der Waals surface area contributed by atoms with Gasteiger partial charge in [0.2, 0.25) is 0 Å². The standard InChI is InChI=1S/C32H35N2P.C20H24N2/c1-24(2)29-21-14-22-30(25(3)4)31(29)34-32(33-23-26-15-8-5-9-16-26)35(27-17-10-6-11-18-27)28-19-12-7-13-20-28;1-15(2)18-11-8-12-19(16(3)4)20(18)22-14-21-13-17-9-6-5-7-10-17/h5-22,24-25H,23H2,1-4H3,(H,33,34);5-12,15-16H,13H2,1-4H3. The van der Waals surface area contributed by atoms with Gasteiger partial charge in [-0.3, -0.25) is 4.99 Å². The molecule has 57 heavy (non-hydrogen) atoms. The Morgan fingerprint density at radius 1 is 0.474 bits per heavy atom. The Labute approximate surface area is 343 Å². The maximum atomic E-state index is 5.28. The molecule has 0 amide bonds. The van der Waals surface area contributed by atoms with Crippen LogP contribution in [0.25, 0.3) is 0 Å². The second kappa shape index (κ2) is 21.8. The average molecular weight is 771 g/mol. The molecule has 0 spiro atoms. The van der Waals surface area contributed by atoms with Gasteiger partial charge < -0.3 is 5.32 Å². The molecule has 6 rings (SSSR count). The largest absolute Gasteiger partial charge is 0.339 e. The highest BCUT2D eigenvalue weighted by atomic mass is 31.1. The van der Waals surface area contributed by atoms with Crippen molar-refractivity contribution in [2.75, 3.05) is 5.32 Å². The molecule has 0 unspecified atom stereocenters. The van der Waals surface area contributed by atoms with Crippen LogP contribution in [0.3, 0.4) is 0 Å². The van der Waals surface area contributed by atoms with E-state index in [1.165, 1.54) is 49.7 Å². The van der Waals surface area contributed by atoms with E-state index in [0.29, 0.717) is 36.8 Å². The average Bonchev–Trinajstić information content (AvgIpc) is 3.23. The quantitative estimate of drug-likeness (QED) is 0.0710. The molecule has 5 heteroatoms. The topological polar surface area (TPSA) is 49.1 Å². The number of nitrogens with zero attached hydrogens (tertiary/aromatic N) is 3. The maximum Gasteiger partial charge on any atom is 0.133 e. The van der Waals surface area contributed by atoms with Gasteiger partial charge in [-0.25, -0.2) is 4.99 Å². The molecule has 0 saturated heterocycles. The number of anilines is 1. The van der Waals surface area contributed by atoms with Crippen LogP contribution in [0.5, 0.6) is 0 Å². The maximum absolute atomic E-state index is 5.28. The lowest BCUT2D eigenvalue weighted by molar-refractivity contribution is 0.835. The highest BCUT2D eigenvalue weighted by molar-refractivity contribution is 7.88. The number of hydrogen-bond donors (Lipinski definition) is 1. The molecule has 4 nitrogen and oxygen atoms in total. The summed E-state index contributed by atoms with van der Waals surface area (Å²) < 4.78 is 0. The van der Waals surface area contributed by atoms with Crippen LogP contribution in [0.1, 0.15) is 112 Å². The van der Waals surface area contributed by atoms with Gasteiger partial charge in [0.15, 0.2) is 0 Å². The monoisotopic (exact) mass is 770 g/mol. The molecule has 0 radical (unpaired) electrons. The molecule has 0 aliphatic rings. The fraction of sp³-hybridized carbons (Fsp3) is 0.269. The predicted molar refractivity (Wildman–Crippen MR) is 249 cm³/mol. The molecule has 0 bridgehead atoms. The van der Waals surface area contributed by atoms with Crippen molar-refractivity contribution in [1.29, 1.82) is 0 Å². The molecule has 0 aromatic heterocycles. The first-order chi connectivity index (χ1) is 27.6. The smallest absolute Gasteiger partial charge is 0.133 e. The Balaban J connectivity index is 0.000000242. The fourth-order valence-electron chi connectivity index (χ4n) is 6.71. The van der Waals surface area contributed by atoms with Gasteiger partial charge in [0.1, 0.15) is 5.58 Å². The van der Waals surface area contributed by atoms with E-state index in [-0.39, 0.29) is 0 Å². The summed E-state index contributed by atoms with van der Waals surface area (Å²) in [5, 5.41) is 6.51. The van der Waals surface area contributed by atoms with Crippen molar-refractivity contribution in [3.05, 3.63) is 191 Å². The summed E-state index contributed by atoms with van der Waals surface area (Å²) in [5.74, 6) is 1.69. The normalized spacial score (nSPS) is 11.4. The first-order valence-corrected chi connectivity index (χ1v) is 21.7. The number of hydrogen-bond acceptors (Lipinski definition) is 3. The first-order valence-electron chi connectivity index (χ1n) is 20.3. The molecule has 1 N–H and O–H groups in total. The van der Waals surface area contributed by atoms with Gasteiger partial charge in [-0.05, 0) is 67.7 Å². The van der Waals surface area contributed by atoms with Crippen molar-refractivity contribution < 1.29 is 0 Å². The molecule has 0 atom stereocenters. The van der Waals surface area contributed by atoms with Crippen molar-refractivity contribution in [1.82, 2.24) is 0 Å². The van der Waals surface area contributed by atoms with Crippen LogP contribution < -0.4 is 15.9 Å². The minimum atomic E-state index is -0.859. The lowest BCUT2D eigenvalue weighted by Gasteiger charge is -2.26. The van der Waals surface area contributed by atoms with Gasteiger partial charge in [-0.15, -0.1) is 0 Å². The molecule has 0 fully saturated rings. The van der Waals surface area contributed by atoms with Crippen LogP contribution in [-0.2, 0) is 13.1 Å². The minimum absolute atomic E-state index is 0.409. The molecule has 0 aliphatic heterocycles. The molecule has 6 aromatic carbocycles. The van der Waals surface area contributed by atoms with Crippen LogP contribution >= 0.6 is 7.92 Å². The van der Waals surface area contributed by atoms with E-state index in [1.807, 2.05) is 18.2 Å². The number of nitrogens with one attached hydrogen (secondary N) is 1. The Morgan fingerprint density at radius 2 is 0.860 bits per heavy atom. The van der Waals surface area contributed by atoms with E-state index in [1.54, 1.807) is 0 Å². The third-order valence-electron chi connectivity index (χ3n) is 9.78. The Kier molecular flexibility index (Phi) is 16.3. The van der Waals surface area contributed by atoms with Crippen molar-refractivity contribution >= 4 is 41.5 Å². The highest BCUT2D eigenvalue weighted by Crippen LogP contribution is 2.40. The summed E-state index contributed by atoms with van der Waals surface area (Å²) in [6.07, 6.45) is 0. The Hall–Kier alpha value is -5.40. The summed E-state index contributed by atoms with van der Waals surface area (Å²) >= 11 is 0. The van der Waals surface area contributed by atoms with Crippen LogP contribution in [0, 0.1) is 0 Å². The van der Waals surface area contributed by atoms with Gasteiger partial charge in [0.25, 0.3) is 0 Å². The predicted octanol–water partition coefficient (Wildman–Crippen LogP) is 14.0. The van der Waals surface area contributed by atoms with Crippen molar-refractivity contribution in [3.63, 3.8) is 0 Å². The molecule has 0 saturated carbocycles. The number of amidine groups is 1. The molecule has 292 valence electrons. The Bertz CT molecular complexity index is 2110. The molecule has 0 aliphatic carbocycles. The number of rotatable bonds is 13. The second-order valence-electron chi connectivity index (χ2n) is 15.5. The van der Waals surface area contributed by atoms with E-state index in [0.717, 1.165) is 11.3 Å². The van der Waals surface area contributed by atoms with Gasteiger partial charge in [0.05, 0.1) is 24.8 Å². The van der Waals surface area contributed by atoms with Crippen LogP contribution in [0.2, 0.25) is 0 Å². The summed E-state index contributed by atoms with van der Waals surface area (Å²) in [6.45, 7) is 19.1. The van der Waals surface area contributed by atoms with E-state index in [4.69, 9.17) is 4.99 Å². The zero-order valence-electron chi connectivity index (χ0n) is 35.0. The van der Waals surface area contributed by atoms with E-state index in [9.17, 15) is 0 Å². The fourth-order valence-corrected chi connectivity index (χ4v) is 8.87. The SMILES string of the molecule is CC(C)c1cccc(C(C)C)c1N=C=NCc1ccccc1.CC(C)c1cccc(C(C)C)c1NC(=NCc1ccccc1)P(c1ccccc1)c1ccccc1. The molecule has 0 heterocycles. The zero-order valence-corrected chi connectivity index (χ0v) is 35.9. The second-order valence-corrected chi connectivity index (χ2v) is 17.6. The number of para-hydroxylation sites is 2. The van der Waals surface area contributed by atoms with E-state index in [2.05, 4.69) is 216 Å². The zero-order chi connectivity index (χ0) is 40.6. The van der Waals surface area contributed by atoms with Crippen molar-refractivity contribution in [3.8, 4) is 0 Å². The highest BCUT2D eigenvalue weighted by Gasteiger charge is 2.24. The first kappa shape index (κ1) is 42.7. The van der Waals surface area contributed by atoms with Crippen LogP contribution in [-0.4, -0.2) is 11.6 Å². The van der Waals surface area contributed by atoms with E-state index < -0.39 is 7.92 Å². The van der Waals surface area contributed by atoms with Gasteiger partial charge in [-0.1, -0.05) is 213 Å². The Morgan fingerprint density at radius 3 is 1.28 bits per heavy atom. The summed E-state index contributed by atoms with van der Waals surface area (Å²) in [4.78, 5) is 14.1. The van der Waals surface area contributed by atoms with Crippen LogP contribution in [0.4, 0.5) is 11.4 Å². The van der Waals surface area contributed by atoms with E-state index >= 15 is 0 Å². The van der Waals surface area contributed by atoms with Crippen molar-refractivity contribution in [2.24, 2.45) is 15.0 Å². The summed E-state index contributed by atoms with van der Waals surface area (Å²) in [6, 6.07) is 58.3. The summed E-state index contributed by atoms with van der Waals surface area (Å²) in [5.41, 5.74) is 10.8. The van der Waals surface area contributed by atoms with Crippen molar-refractivity contribution in [2.45, 2.75) is 92.2 Å².